The van der Waals surface area contributed by atoms with Gasteiger partial charge in [-0.2, -0.15) is 11.8 Å². The molecule has 4 heteroatoms. The van der Waals surface area contributed by atoms with Gasteiger partial charge in [-0.1, -0.05) is 35.9 Å². The molecule has 2 aromatic carbocycles. The van der Waals surface area contributed by atoms with Crippen LogP contribution in [0.5, 0.6) is 0 Å². The Kier molecular flexibility index (Phi) is 6.75. The van der Waals surface area contributed by atoms with Crippen molar-refractivity contribution < 1.29 is 4.79 Å². The highest BCUT2D eigenvalue weighted by Crippen LogP contribution is 2.22. The molecule has 0 aliphatic carbocycles. The lowest BCUT2D eigenvalue weighted by atomic mass is 10.0. The molecule has 1 aliphatic heterocycles. The molecule has 27 heavy (non-hydrogen) atoms. The molecule has 0 radical (unpaired) electrons. The van der Waals surface area contributed by atoms with Gasteiger partial charge in [-0.05, 0) is 55.2 Å². The first-order valence-corrected chi connectivity index (χ1v) is 10.6. The predicted molar refractivity (Wildman–Crippen MR) is 117 cm³/mol. The molecule has 0 bridgehead atoms. The van der Waals surface area contributed by atoms with Gasteiger partial charge >= 0.3 is 0 Å². The Labute approximate surface area is 166 Å². The van der Waals surface area contributed by atoms with E-state index in [0.29, 0.717) is 0 Å². The van der Waals surface area contributed by atoms with E-state index in [2.05, 4.69) is 55.3 Å². The zero-order valence-electron chi connectivity index (χ0n) is 16.4. The molecular formula is C23H28N2OS. The molecule has 0 unspecified atom stereocenters. The Morgan fingerprint density at radius 2 is 1.93 bits per heavy atom. The summed E-state index contributed by atoms with van der Waals surface area (Å²) in [5, 5.41) is 3.04. The van der Waals surface area contributed by atoms with Crippen LogP contribution in [-0.4, -0.2) is 35.4 Å². The molecule has 1 aliphatic rings. The van der Waals surface area contributed by atoms with Gasteiger partial charge in [-0.25, -0.2) is 0 Å². The third-order valence-electron chi connectivity index (χ3n) is 5.04. The highest BCUT2D eigenvalue weighted by molar-refractivity contribution is 7.99. The molecule has 1 N–H and O–H groups in total. The standard InChI is InChI=1S/C23H28N2OS/c1-17-7-8-20(18(2)15-17)9-10-23(26)24-22-6-4-5-21(19(22)3)16-25-11-13-27-14-12-25/h4-10,15H,11-14,16H2,1-3H3,(H,24,26)/b10-9+. The van der Waals surface area contributed by atoms with Gasteiger partial charge in [0.05, 0.1) is 0 Å². The SMILES string of the molecule is Cc1ccc(/C=C/C(=O)Nc2cccc(CN3CCSCC3)c2C)c(C)c1. The van der Waals surface area contributed by atoms with Crippen molar-refractivity contribution in [3.63, 3.8) is 0 Å². The molecule has 0 atom stereocenters. The van der Waals surface area contributed by atoms with Crippen LogP contribution < -0.4 is 5.32 Å². The summed E-state index contributed by atoms with van der Waals surface area (Å²) in [4.78, 5) is 14.9. The molecule has 1 amide bonds. The van der Waals surface area contributed by atoms with Crippen molar-refractivity contribution in [3.05, 3.63) is 70.3 Å². The summed E-state index contributed by atoms with van der Waals surface area (Å²) in [6.45, 7) is 9.47. The first-order valence-electron chi connectivity index (χ1n) is 9.48. The molecule has 3 rings (SSSR count). The maximum Gasteiger partial charge on any atom is 0.248 e. The normalized spacial score (nSPS) is 15.2. The zero-order chi connectivity index (χ0) is 19.2. The zero-order valence-corrected chi connectivity index (χ0v) is 17.2. The van der Waals surface area contributed by atoms with Crippen LogP contribution in [0, 0.1) is 20.8 Å². The number of hydrogen-bond acceptors (Lipinski definition) is 3. The molecule has 1 saturated heterocycles. The summed E-state index contributed by atoms with van der Waals surface area (Å²) in [5.74, 6) is 2.32. The highest BCUT2D eigenvalue weighted by atomic mass is 32.2. The van der Waals surface area contributed by atoms with Crippen LogP contribution in [0.25, 0.3) is 6.08 Å². The Balaban J connectivity index is 1.66. The van der Waals surface area contributed by atoms with Gasteiger partial charge in [0.1, 0.15) is 0 Å². The minimum absolute atomic E-state index is 0.0930. The Morgan fingerprint density at radius 3 is 2.67 bits per heavy atom. The number of amides is 1. The quantitative estimate of drug-likeness (QED) is 0.755. The Morgan fingerprint density at radius 1 is 1.15 bits per heavy atom. The fourth-order valence-electron chi connectivity index (χ4n) is 3.34. The number of nitrogens with one attached hydrogen (secondary N) is 1. The van der Waals surface area contributed by atoms with E-state index in [1.165, 1.54) is 28.2 Å². The monoisotopic (exact) mass is 380 g/mol. The van der Waals surface area contributed by atoms with Crippen LogP contribution in [0.1, 0.15) is 27.8 Å². The minimum Gasteiger partial charge on any atom is -0.322 e. The number of thioether (sulfide) groups is 1. The molecule has 3 nitrogen and oxygen atoms in total. The first-order chi connectivity index (χ1) is 13.0. The second-order valence-corrected chi connectivity index (χ2v) is 8.39. The smallest absolute Gasteiger partial charge is 0.248 e. The number of hydrogen-bond donors (Lipinski definition) is 1. The van der Waals surface area contributed by atoms with Crippen molar-refractivity contribution in [2.24, 2.45) is 0 Å². The molecular weight excluding hydrogens is 352 g/mol. The predicted octanol–water partition coefficient (Wildman–Crippen LogP) is 4.81. The summed E-state index contributed by atoms with van der Waals surface area (Å²) in [6, 6.07) is 12.4. The van der Waals surface area contributed by atoms with Gasteiger partial charge in [0.2, 0.25) is 5.91 Å². The van der Waals surface area contributed by atoms with E-state index in [1.807, 2.05) is 30.0 Å². The fourth-order valence-corrected chi connectivity index (χ4v) is 4.32. The second kappa shape index (κ2) is 9.25. The topological polar surface area (TPSA) is 32.3 Å². The summed E-state index contributed by atoms with van der Waals surface area (Å²) < 4.78 is 0. The van der Waals surface area contributed by atoms with Crippen molar-refractivity contribution in [3.8, 4) is 0 Å². The third-order valence-corrected chi connectivity index (χ3v) is 5.98. The number of nitrogens with zero attached hydrogens (tertiary/aromatic N) is 1. The maximum absolute atomic E-state index is 12.4. The number of carbonyl (C=O) groups is 1. The summed E-state index contributed by atoms with van der Waals surface area (Å²) in [6.07, 6.45) is 3.50. The highest BCUT2D eigenvalue weighted by Gasteiger charge is 2.13. The van der Waals surface area contributed by atoms with E-state index in [-0.39, 0.29) is 5.91 Å². The van der Waals surface area contributed by atoms with Gasteiger partial charge in [0.25, 0.3) is 0 Å². The minimum atomic E-state index is -0.0930. The van der Waals surface area contributed by atoms with E-state index in [0.717, 1.165) is 36.4 Å². The van der Waals surface area contributed by atoms with Crippen LogP contribution in [0.15, 0.2) is 42.5 Å². The number of benzene rings is 2. The van der Waals surface area contributed by atoms with Crippen LogP contribution in [-0.2, 0) is 11.3 Å². The van der Waals surface area contributed by atoms with Gasteiger partial charge in [0.15, 0.2) is 0 Å². The largest absolute Gasteiger partial charge is 0.322 e. The average Bonchev–Trinajstić information content (AvgIpc) is 2.65. The summed E-state index contributed by atoms with van der Waals surface area (Å²) in [5.41, 5.74) is 6.83. The van der Waals surface area contributed by atoms with Crippen LogP contribution >= 0.6 is 11.8 Å². The Hall–Kier alpha value is -2.04. The Bertz CT molecular complexity index is 838. The molecule has 142 valence electrons. The third kappa shape index (κ3) is 5.47. The summed E-state index contributed by atoms with van der Waals surface area (Å²) >= 11 is 2.02. The first kappa shape index (κ1) is 19.7. The van der Waals surface area contributed by atoms with Gasteiger partial charge in [-0.15, -0.1) is 0 Å². The van der Waals surface area contributed by atoms with Gasteiger partial charge < -0.3 is 5.32 Å². The molecule has 0 spiro atoms. The van der Waals surface area contributed by atoms with E-state index in [1.54, 1.807) is 6.08 Å². The van der Waals surface area contributed by atoms with Gasteiger partial charge in [0, 0.05) is 42.9 Å². The summed E-state index contributed by atoms with van der Waals surface area (Å²) in [7, 11) is 0. The van der Waals surface area contributed by atoms with Crippen molar-refractivity contribution in [2.75, 3.05) is 29.9 Å². The van der Waals surface area contributed by atoms with Crippen molar-refractivity contribution in [1.82, 2.24) is 4.90 Å². The van der Waals surface area contributed by atoms with E-state index in [9.17, 15) is 4.79 Å². The van der Waals surface area contributed by atoms with Crippen molar-refractivity contribution >= 4 is 29.4 Å². The lowest BCUT2D eigenvalue weighted by Crippen LogP contribution is -2.32. The molecule has 1 fully saturated rings. The maximum atomic E-state index is 12.4. The number of aryl methyl sites for hydroxylation is 2. The van der Waals surface area contributed by atoms with Crippen molar-refractivity contribution in [2.45, 2.75) is 27.3 Å². The van der Waals surface area contributed by atoms with Crippen LogP contribution in [0.3, 0.4) is 0 Å². The average molecular weight is 381 g/mol. The lowest BCUT2D eigenvalue weighted by Gasteiger charge is -2.27. The van der Waals surface area contributed by atoms with E-state index in [4.69, 9.17) is 0 Å². The second-order valence-electron chi connectivity index (χ2n) is 7.16. The molecule has 2 aromatic rings. The number of carbonyl (C=O) groups excluding carboxylic acids is 1. The lowest BCUT2D eigenvalue weighted by molar-refractivity contribution is -0.111. The molecule has 0 saturated carbocycles. The number of anilines is 1. The van der Waals surface area contributed by atoms with Gasteiger partial charge in [-0.3, -0.25) is 9.69 Å². The van der Waals surface area contributed by atoms with Crippen molar-refractivity contribution in [1.29, 1.82) is 0 Å². The van der Waals surface area contributed by atoms with E-state index < -0.39 is 0 Å². The molecule has 1 heterocycles. The number of rotatable bonds is 5. The fraction of sp³-hybridized carbons (Fsp3) is 0.348. The van der Waals surface area contributed by atoms with Crippen LogP contribution in [0.2, 0.25) is 0 Å². The molecule has 0 aromatic heterocycles. The van der Waals surface area contributed by atoms with E-state index >= 15 is 0 Å². The van der Waals surface area contributed by atoms with Crippen LogP contribution in [0.4, 0.5) is 5.69 Å².